The van der Waals surface area contributed by atoms with Gasteiger partial charge < -0.3 is 4.90 Å². The Hall–Kier alpha value is -1.90. The number of fused-ring (bicyclic) bond motifs is 2. The van der Waals surface area contributed by atoms with Gasteiger partial charge in [-0.25, -0.2) is 0 Å². The molecule has 0 bridgehead atoms. The Balaban J connectivity index is 1.56. The van der Waals surface area contributed by atoms with Crippen LogP contribution in [-0.2, 0) is 11.2 Å². The minimum absolute atomic E-state index is 0.291. The van der Waals surface area contributed by atoms with Gasteiger partial charge in [0.05, 0.1) is 11.9 Å². The fraction of sp³-hybridized carbons (Fsp3) is 0.500. The molecule has 1 amide bonds. The molecule has 1 aromatic carbocycles. The van der Waals surface area contributed by atoms with E-state index in [2.05, 4.69) is 28.1 Å². The van der Waals surface area contributed by atoms with Gasteiger partial charge in [0.2, 0.25) is 5.91 Å². The molecule has 2 aliphatic rings. The molecule has 3 heteroatoms. The van der Waals surface area contributed by atoms with Crippen molar-refractivity contribution < 1.29 is 4.79 Å². The molecule has 3 nitrogen and oxygen atoms in total. The molecule has 4 rings (SSSR count). The molecule has 2 fully saturated rings. The maximum Gasteiger partial charge on any atom is 0.227 e. The Morgan fingerprint density at radius 3 is 2.87 bits per heavy atom. The highest BCUT2D eigenvalue weighted by Crippen LogP contribution is 2.35. The topological polar surface area (TPSA) is 33.2 Å². The van der Waals surface area contributed by atoms with Crippen LogP contribution < -0.4 is 0 Å². The van der Waals surface area contributed by atoms with Crippen molar-refractivity contribution in [2.75, 3.05) is 6.54 Å². The first-order valence-electron chi connectivity index (χ1n) is 8.95. The maximum absolute atomic E-state index is 13.0. The van der Waals surface area contributed by atoms with Crippen molar-refractivity contribution in [3.05, 3.63) is 42.1 Å². The first-order chi connectivity index (χ1) is 11.3. The van der Waals surface area contributed by atoms with Gasteiger partial charge in [-0.2, -0.15) is 0 Å². The molecule has 1 aromatic heterocycles. The summed E-state index contributed by atoms with van der Waals surface area (Å²) in [7, 11) is 0. The quantitative estimate of drug-likeness (QED) is 0.841. The van der Waals surface area contributed by atoms with Crippen LogP contribution in [0.25, 0.3) is 10.9 Å². The zero-order chi connectivity index (χ0) is 15.6. The minimum atomic E-state index is 0.291. The zero-order valence-electron chi connectivity index (χ0n) is 13.6. The summed E-state index contributed by atoms with van der Waals surface area (Å²) in [5.74, 6) is 1.03. The lowest BCUT2D eigenvalue weighted by Gasteiger charge is -2.44. The van der Waals surface area contributed by atoms with Crippen LogP contribution in [0.4, 0.5) is 0 Å². The number of hydrogen-bond acceptors (Lipinski definition) is 2. The second-order valence-electron chi connectivity index (χ2n) is 7.01. The van der Waals surface area contributed by atoms with Crippen molar-refractivity contribution >= 4 is 16.8 Å². The Labute approximate surface area is 137 Å². The van der Waals surface area contributed by atoms with E-state index < -0.39 is 0 Å². The van der Waals surface area contributed by atoms with Gasteiger partial charge in [-0.3, -0.25) is 9.78 Å². The molecule has 0 N–H and O–H groups in total. The van der Waals surface area contributed by atoms with E-state index in [0.29, 0.717) is 18.4 Å². The largest absolute Gasteiger partial charge is 0.339 e. The normalized spacial score (nSPS) is 24.4. The summed E-state index contributed by atoms with van der Waals surface area (Å²) >= 11 is 0. The predicted molar refractivity (Wildman–Crippen MR) is 92.1 cm³/mol. The molecular formula is C20H24N2O. The van der Waals surface area contributed by atoms with Gasteiger partial charge in [-0.05, 0) is 43.2 Å². The summed E-state index contributed by atoms with van der Waals surface area (Å²) in [6.07, 6.45) is 9.91. The standard InChI is InChI=1S/C20H24N2O/c23-19(22-13-5-10-15-6-1-2-11-18(15)22)14-17-8-3-7-16-9-4-12-21-20(16)17/h3-4,7-9,12,15,18H,1-2,5-6,10-11,13-14H2. The third kappa shape index (κ3) is 2.85. The fourth-order valence-corrected chi connectivity index (χ4v) is 4.51. The molecule has 0 radical (unpaired) electrons. The predicted octanol–water partition coefficient (Wildman–Crippen LogP) is 3.96. The van der Waals surface area contributed by atoms with Crippen LogP contribution >= 0.6 is 0 Å². The molecular weight excluding hydrogens is 284 g/mol. The summed E-state index contributed by atoms with van der Waals surface area (Å²) in [6.45, 7) is 0.943. The van der Waals surface area contributed by atoms with Gasteiger partial charge in [-0.1, -0.05) is 37.1 Å². The number of benzene rings is 1. The van der Waals surface area contributed by atoms with Crippen LogP contribution in [0, 0.1) is 5.92 Å². The summed E-state index contributed by atoms with van der Waals surface area (Å²) in [5.41, 5.74) is 2.03. The van der Waals surface area contributed by atoms with Crippen molar-refractivity contribution in [2.45, 2.75) is 51.0 Å². The fourth-order valence-electron chi connectivity index (χ4n) is 4.51. The molecule has 2 heterocycles. The number of hydrogen-bond donors (Lipinski definition) is 0. The van der Waals surface area contributed by atoms with Crippen LogP contribution in [0.2, 0.25) is 0 Å². The average Bonchev–Trinajstić information content (AvgIpc) is 2.61. The maximum atomic E-state index is 13.0. The molecule has 1 saturated heterocycles. The molecule has 2 unspecified atom stereocenters. The summed E-state index contributed by atoms with van der Waals surface area (Å²) in [6, 6.07) is 10.7. The van der Waals surface area contributed by atoms with Crippen LogP contribution in [0.1, 0.15) is 44.1 Å². The summed E-state index contributed by atoms with van der Waals surface area (Å²) in [5, 5.41) is 1.12. The van der Waals surface area contributed by atoms with E-state index >= 15 is 0 Å². The molecule has 2 aromatic rings. The number of likely N-dealkylation sites (tertiary alicyclic amines) is 1. The molecule has 1 saturated carbocycles. The number of pyridine rings is 1. The summed E-state index contributed by atoms with van der Waals surface area (Å²) < 4.78 is 0. The first-order valence-corrected chi connectivity index (χ1v) is 8.95. The molecule has 1 aliphatic carbocycles. The van der Waals surface area contributed by atoms with Gasteiger partial charge in [0, 0.05) is 24.2 Å². The number of aromatic nitrogens is 1. The van der Waals surface area contributed by atoms with E-state index in [1.807, 2.05) is 18.3 Å². The number of nitrogens with zero attached hydrogens (tertiary/aromatic N) is 2. The molecule has 1 aliphatic heterocycles. The Morgan fingerprint density at radius 1 is 1.09 bits per heavy atom. The van der Waals surface area contributed by atoms with Gasteiger partial charge in [-0.15, -0.1) is 0 Å². The number of rotatable bonds is 2. The molecule has 2 atom stereocenters. The van der Waals surface area contributed by atoms with Crippen LogP contribution in [0.3, 0.4) is 0 Å². The molecule has 23 heavy (non-hydrogen) atoms. The lowest BCUT2D eigenvalue weighted by molar-refractivity contribution is -0.136. The average molecular weight is 308 g/mol. The van der Waals surface area contributed by atoms with Crippen molar-refractivity contribution in [1.82, 2.24) is 9.88 Å². The number of para-hydroxylation sites is 1. The van der Waals surface area contributed by atoms with Crippen LogP contribution in [0.5, 0.6) is 0 Å². The molecule has 0 spiro atoms. The van der Waals surface area contributed by atoms with Crippen molar-refractivity contribution in [3.63, 3.8) is 0 Å². The van der Waals surface area contributed by atoms with Crippen molar-refractivity contribution in [2.24, 2.45) is 5.92 Å². The zero-order valence-corrected chi connectivity index (χ0v) is 13.6. The van der Waals surface area contributed by atoms with Gasteiger partial charge >= 0.3 is 0 Å². The number of amides is 1. The monoisotopic (exact) mass is 308 g/mol. The first kappa shape index (κ1) is 14.7. The van der Waals surface area contributed by atoms with Crippen LogP contribution in [0.15, 0.2) is 36.5 Å². The third-order valence-corrected chi connectivity index (χ3v) is 5.62. The van der Waals surface area contributed by atoms with E-state index in [9.17, 15) is 4.79 Å². The van der Waals surface area contributed by atoms with Crippen LogP contribution in [-0.4, -0.2) is 28.4 Å². The van der Waals surface area contributed by atoms with Crippen molar-refractivity contribution in [3.8, 4) is 0 Å². The lowest BCUT2D eigenvalue weighted by Crippen LogP contribution is -2.50. The Morgan fingerprint density at radius 2 is 1.91 bits per heavy atom. The third-order valence-electron chi connectivity index (χ3n) is 5.62. The lowest BCUT2D eigenvalue weighted by atomic mass is 9.78. The van der Waals surface area contributed by atoms with E-state index in [1.54, 1.807) is 0 Å². The minimum Gasteiger partial charge on any atom is -0.339 e. The second kappa shape index (κ2) is 6.31. The van der Waals surface area contributed by atoms with Crippen molar-refractivity contribution in [1.29, 1.82) is 0 Å². The summed E-state index contributed by atoms with van der Waals surface area (Å²) in [4.78, 5) is 19.6. The molecule has 120 valence electrons. The Kier molecular flexibility index (Phi) is 4.02. The smallest absolute Gasteiger partial charge is 0.227 e. The van der Waals surface area contributed by atoms with Gasteiger partial charge in [0.25, 0.3) is 0 Å². The Bertz CT molecular complexity index is 704. The highest BCUT2D eigenvalue weighted by atomic mass is 16.2. The van der Waals surface area contributed by atoms with Gasteiger partial charge in [0.1, 0.15) is 0 Å². The van der Waals surface area contributed by atoms with Gasteiger partial charge in [0.15, 0.2) is 0 Å². The second-order valence-corrected chi connectivity index (χ2v) is 7.01. The van der Waals surface area contributed by atoms with E-state index in [-0.39, 0.29) is 0 Å². The number of carbonyl (C=O) groups is 1. The SMILES string of the molecule is O=C(Cc1cccc2cccnc12)N1CCCC2CCCCC21. The van der Waals surface area contributed by atoms with E-state index in [4.69, 9.17) is 0 Å². The number of piperidine rings is 1. The number of carbonyl (C=O) groups excluding carboxylic acids is 1. The van der Waals surface area contributed by atoms with E-state index in [1.165, 1.54) is 38.5 Å². The highest BCUT2D eigenvalue weighted by Gasteiger charge is 2.35. The highest BCUT2D eigenvalue weighted by molar-refractivity contribution is 5.87. The van der Waals surface area contributed by atoms with E-state index in [0.717, 1.165) is 28.9 Å².